The number of hydrogen-bond acceptors (Lipinski definition) is 2. The Morgan fingerprint density at radius 3 is 2.16 bits per heavy atom. The number of nitrogens with zero attached hydrogens (tertiary/aromatic N) is 2. The molecule has 0 aromatic heterocycles. The van der Waals surface area contributed by atoms with Crippen LogP contribution in [0.5, 0.6) is 0 Å². The van der Waals surface area contributed by atoms with Crippen LogP contribution in [0, 0.1) is 29.6 Å². The van der Waals surface area contributed by atoms with E-state index in [4.69, 9.17) is 10.2 Å². The van der Waals surface area contributed by atoms with Crippen LogP contribution in [0.25, 0.3) is 0 Å². The molecule has 124 valence electrons. The van der Waals surface area contributed by atoms with E-state index in [2.05, 4.69) is 72.8 Å². The fourth-order valence-corrected chi connectivity index (χ4v) is 6.55. The van der Waals surface area contributed by atoms with Crippen molar-refractivity contribution >= 4 is 0 Å². The fraction of sp³-hybridized carbons (Fsp3) is 0.391. The molecule has 2 fully saturated rings. The molecule has 3 aliphatic carbocycles. The van der Waals surface area contributed by atoms with Gasteiger partial charge in [-0.2, -0.15) is 10.2 Å². The second kappa shape index (κ2) is 4.91. The maximum atomic E-state index is 5.06. The third-order valence-electron chi connectivity index (χ3n) is 7.38. The second-order valence-corrected chi connectivity index (χ2v) is 8.20. The highest BCUT2D eigenvalue weighted by molar-refractivity contribution is 5.43. The summed E-state index contributed by atoms with van der Waals surface area (Å²) in [5, 5.41) is 10.00. The van der Waals surface area contributed by atoms with Gasteiger partial charge in [0.15, 0.2) is 0 Å². The summed E-state index contributed by atoms with van der Waals surface area (Å²) in [5.41, 5.74) is 2.33. The molecule has 2 aromatic rings. The SMILES string of the molecule is C1=C[C@H]2[C@H]3C[C@H]([C@H]2C1)[C@@H]1[C@@H]3N=NC1(c1ccccc1)c1ccccc1. The van der Waals surface area contributed by atoms with Gasteiger partial charge in [0.1, 0.15) is 5.54 Å². The summed E-state index contributed by atoms with van der Waals surface area (Å²) in [6.45, 7) is 0. The Morgan fingerprint density at radius 2 is 1.48 bits per heavy atom. The van der Waals surface area contributed by atoms with E-state index in [9.17, 15) is 0 Å². The highest BCUT2D eigenvalue weighted by Crippen LogP contribution is 2.67. The van der Waals surface area contributed by atoms with Crippen molar-refractivity contribution in [1.29, 1.82) is 0 Å². The average molecular weight is 326 g/mol. The molecule has 2 heteroatoms. The Labute approximate surface area is 148 Å². The summed E-state index contributed by atoms with van der Waals surface area (Å²) in [4.78, 5) is 0. The van der Waals surface area contributed by atoms with E-state index in [0.29, 0.717) is 17.9 Å². The number of fused-ring (bicyclic) bond motifs is 8. The van der Waals surface area contributed by atoms with E-state index in [-0.39, 0.29) is 5.54 Å². The molecule has 0 radical (unpaired) electrons. The Kier molecular flexibility index (Phi) is 2.75. The van der Waals surface area contributed by atoms with Gasteiger partial charge in [0.05, 0.1) is 6.04 Å². The Bertz CT molecular complexity index is 815. The molecule has 2 aromatic carbocycles. The quantitative estimate of drug-likeness (QED) is 0.676. The molecule has 6 rings (SSSR count). The van der Waals surface area contributed by atoms with Crippen LogP contribution in [0.4, 0.5) is 0 Å². The molecule has 1 aliphatic heterocycles. The molecule has 2 bridgehead atoms. The van der Waals surface area contributed by atoms with E-state index in [0.717, 1.165) is 17.8 Å². The standard InChI is InChI=1S/C23H22N2/c1-3-8-15(9-4-1)23(16-10-5-2-6-11-16)21-19-14-20(22(21)24-25-23)18-13-7-12-17(18)19/h1-11,13,17-22H,12,14H2/t17-,18+,19+,20+,21+,22+/m0/s1. The van der Waals surface area contributed by atoms with Gasteiger partial charge in [-0.3, -0.25) is 0 Å². The first kappa shape index (κ1) is 14.0. The van der Waals surface area contributed by atoms with Gasteiger partial charge in [-0.25, -0.2) is 0 Å². The minimum atomic E-state index is -0.292. The largest absolute Gasteiger partial charge is 0.189 e. The zero-order valence-corrected chi connectivity index (χ0v) is 14.2. The third kappa shape index (κ3) is 1.65. The molecule has 0 spiro atoms. The summed E-state index contributed by atoms with van der Waals surface area (Å²) >= 11 is 0. The van der Waals surface area contributed by atoms with Crippen LogP contribution in [0.2, 0.25) is 0 Å². The summed E-state index contributed by atoms with van der Waals surface area (Å²) in [7, 11) is 0. The van der Waals surface area contributed by atoms with E-state index in [1.165, 1.54) is 24.0 Å². The predicted molar refractivity (Wildman–Crippen MR) is 98.1 cm³/mol. The van der Waals surface area contributed by atoms with Crippen molar-refractivity contribution in [2.45, 2.75) is 24.4 Å². The molecular weight excluding hydrogens is 304 g/mol. The molecule has 25 heavy (non-hydrogen) atoms. The van der Waals surface area contributed by atoms with Gasteiger partial charge in [-0.15, -0.1) is 0 Å². The molecule has 0 unspecified atom stereocenters. The number of azo groups is 1. The van der Waals surface area contributed by atoms with Crippen LogP contribution in [0.15, 0.2) is 83.0 Å². The normalized spacial score (nSPS) is 38.9. The first-order chi connectivity index (χ1) is 12.4. The number of benzene rings is 2. The van der Waals surface area contributed by atoms with Gasteiger partial charge in [0, 0.05) is 5.92 Å². The highest BCUT2D eigenvalue weighted by Gasteiger charge is 2.67. The van der Waals surface area contributed by atoms with Gasteiger partial charge in [-0.1, -0.05) is 72.8 Å². The molecule has 2 saturated carbocycles. The van der Waals surface area contributed by atoms with E-state index in [1.807, 2.05) is 0 Å². The van der Waals surface area contributed by atoms with Crippen molar-refractivity contribution in [3.63, 3.8) is 0 Å². The molecule has 0 saturated heterocycles. The minimum Gasteiger partial charge on any atom is -0.189 e. The van der Waals surface area contributed by atoms with Crippen molar-refractivity contribution in [3.05, 3.63) is 83.9 Å². The van der Waals surface area contributed by atoms with Gasteiger partial charge in [0.2, 0.25) is 0 Å². The fourth-order valence-electron chi connectivity index (χ4n) is 6.55. The zero-order chi connectivity index (χ0) is 16.4. The van der Waals surface area contributed by atoms with Crippen LogP contribution in [0.1, 0.15) is 24.0 Å². The number of hydrogen-bond donors (Lipinski definition) is 0. The first-order valence-corrected chi connectivity index (χ1v) is 9.59. The van der Waals surface area contributed by atoms with Crippen molar-refractivity contribution in [1.82, 2.24) is 0 Å². The molecular formula is C23H22N2. The summed E-state index contributed by atoms with van der Waals surface area (Å²) < 4.78 is 0. The summed E-state index contributed by atoms with van der Waals surface area (Å²) in [5.74, 6) is 3.54. The Hall–Kier alpha value is -2.22. The molecule has 4 aliphatic rings. The smallest absolute Gasteiger partial charge is 0.137 e. The molecule has 1 heterocycles. The van der Waals surface area contributed by atoms with Crippen LogP contribution < -0.4 is 0 Å². The number of rotatable bonds is 2. The van der Waals surface area contributed by atoms with Crippen LogP contribution in [-0.2, 0) is 5.54 Å². The van der Waals surface area contributed by atoms with Crippen LogP contribution in [-0.4, -0.2) is 6.04 Å². The minimum absolute atomic E-state index is 0.292. The Balaban J connectivity index is 1.55. The highest BCUT2D eigenvalue weighted by atomic mass is 15.2. The van der Waals surface area contributed by atoms with Gasteiger partial charge in [0.25, 0.3) is 0 Å². The van der Waals surface area contributed by atoms with Crippen LogP contribution >= 0.6 is 0 Å². The van der Waals surface area contributed by atoms with E-state index >= 15 is 0 Å². The third-order valence-corrected chi connectivity index (χ3v) is 7.38. The lowest BCUT2D eigenvalue weighted by Gasteiger charge is -2.41. The van der Waals surface area contributed by atoms with Crippen molar-refractivity contribution in [3.8, 4) is 0 Å². The molecule has 2 nitrogen and oxygen atoms in total. The van der Waals surface area contributed by atoms with Crippen molar-refractivity contribution < 1.29 is 0 Å². The maximum Gasteiger partial charge on any atom is 0.137 e. The summed E-state index contributed by atoms with van der Waals surface area (Å²) in [6, 6.07) is 22.2. The predicted octanol–water partition coefficient (Wildman–Crippen LogP) is 5.22. The first-order valence-electron chi connectivity index (χ1n) is 9.59. The lowest BCUT2D eigenvalue weighted by Crippen LogP contribution is -2.44. The van der Waals surface area contributed by atoms with E-state index in [1.54, 1.807) is 0 Å². The molecule has 0 amide bonds. The van der Waals surface area contributed by atoms with Gasteiger partial charge < -0.3 is 0 Å². The Morgan fingerprint density at radius 1 is 0.800 bits per heavy atom. The van der Waals surface area contributed by atoms with Crippen molar-refractivity contribution in [2.75, 3.05) is 0 Å². The topological polar surface area (TPSA) is 24.7 Å². The monoisotopic (exact) mass is 326 g/mol. The zero-order valence-electron chi connectivity index (χ0n) is 14.2. The van der Waals surface area contributed by atoms with Crippen LogP contribution in [0.3, 0.4) is 0 Å². The van der Waals surface area contributed by atoms with Gasteiger partial charge >= 0.3 is 0 Å². The molecule has 6 atom stereocenters. The second-order valence-electron chi connectivity index (χ2n) is 8.20. The summed E-state index contributed by atoms with van der Waals surface area (Å²) in [6.07, 6.45) is 7.50. The maximum absolute atomic E-state index is 5.06. The average Bonchev–Trinajstić information content (AvgIpc) is 3.42. The lowest BCUT2D eigenvalue weighted by atomic mass is 9.62. The number of allylic oxidation sites excluding steroid dienone is 2. The van der Waals surface area contributed by atoms with E-state index < -0.39 is 0 Å². The van der Waals surface area contributed by atoms with Gasteiger partial charge in [-0.05, 0) is 47.6 Å². The molecule has 0 N–H and O–H groups in total. The lowest BCUT2D eigenvalue weighted by molar-refractivity contribution is 0.150. The van der Waals surface area contributed by atoms with Crippen molar-refractivity contribution in [2.24, 2.45) is 39.8 Å².